The van der Waals surface area contributed by atoms with E-state index in [1.54, 1.807) is 0 Å². The Kier molecular flexibility index (Phi) is 5.39. The van der Waals surface area contributed by atoms with Gasteiger partial charge in [-0.15, -0.1) is 0 Å². The predicted molar refractivity (Wildman–Crippen MR) is 98.0 cm³/mol. The van der Waals surface area contributed by atoms with Crippen molar-refractivity contribution in [1.82, 2.24) is 14.5 Å². The summed E-state index contributed by atoms with van der Waals surface area (Å²) in [4.78, 5) is 20.3. The molecule has 0 saturated carbocycles. The highest BCUT2D eigenvalue weighted by atomic mass is 32.2. The second kappa shape index (κ2) is 7.42. The van der Waals surface area contributed by atoms with Crippen LogP contribution in [0.25, 0.3) is 22.2 Å². The van der Waals surface area contributed by atoms with Crippen LogP contribution in [-0.4, -0.2) is 40.8 Å². The molecule has 0 aliphatic rings. The van der Waals surface area contributed by atoms with Crippen molar-refractivity contribution in [2.45, 2.75) is 30.5 Å². The van der Waals surface area contributed by atoms with Crippen LogP contribution in [0.15, 0.2) is 52.5 Å². The monoisotopic (exact) mass is 447 g/mol. The van der Waals surface area contributed by atoms with Gasteiger partial charge in [0, 0.05) is 18.6 Å². The minimum absolute atomic E-state index is 0.0361. The Labute approximate surface area is 166 Å². The first-order valence-electron chi connectivity index (χ1n) is 8.49. The van der Waals surface area contributed by atoms with Crippen LogP contribution in [-0.2, 0) is 16.4 Å². The number of rotatable bonds is 5. The quantitative estimate of drug-likeness (QED) is 0.560. The van der Waals surface area contributed by atoms with Gasteiger partial charge < -0.3 is 4.57 Å². The fraction of sp³-hybridized carbons (Fsp3) is 0.278. The van der Waals surface area contributed by atoms with E-state index in [2.05, 4.69) is 9.97 Å². The van der Waals surface area contributed by atoms with E-state index in [9.17, 15) is 35.2 Å². The third kappa shape index (κ3) is 3.91. The number of aromatic nitrogens is 3. The Bertz CT molecular complexity index is 1270. The Morgan fingerprint density at radius 3 is 2.43 bits per heavy atom. The van der Waals surface area contributed by atoms with Crippen molar-refractivity contribution in [1.29, 1.82) is 0 Å². The maximum atomic E-state index is 13.3. The van der Waals surface area contributed by atoms with E-state index in [0.717, 1.165) is 12.4 Å². The van der Waals surface area contributed by atoms with Crippen LogP contribution >= 0.6 is 0 Å². The van der Waals surface area contributed by atoms with Crippen LogP contribution in [0.4, 0.5) is 22.0 Å². The van der Waals surface area contributed by atoms with Gasteiger partial charge in [-0.2, -0.15) is 22.0 Å². The SMILES string of the molecule is CCS(=O)(=O)c1cccnc1-c1cc2ccn(CC(F)(F)C(F)(F)F)c(=O)c2cn1. The van der Waals surface area contributed by atoms with E-state index in [1.807, 2.05) is 0 Å². The number of halogens is 5. The van der Waals surface area contributed by atoms with Crippen molar-refractivity contribution < 1.29 is 30.4 Å². The minimum Gasteiger partial charge on any atom is -0.308 e. The highest BCUT2D eigenvalue weighted by Gasteiger charge is 2.57. The maximum Gasteiger partial charge on any atom is 0.455 e. The molecule has 0 bridgehead atoms. The molecule has 0 atom stereocenters. The average molecular weight is 447 g/mol. The smallest absolute Gasteiger partial charge is 0.308 e. The van der Waals surface area contributed by atoms with Gasteiger partial charge in [0.15, 0.2) is 9.84 Å². The molecule has 0 fully saturated rings. The van der Waals surface area contributed by atoms with E-state index in [1.165, 1.54) is 37.4 Å². The highest BCUT2D eigenvalue weighted by molar-refractivity contribution is 7.91. The lowest BCUT2D eigenvalue weighted by molar-refractivity contribution is -0.287. The van der Waals surface area contributed by atoms with Crippen LogP contribution in [0.5, 0.6) is 0 Å². The molecule has 160 valence electrons. The molecule has 0 aromatic carbocycles. The number of sulfone groups is 1. The summed E-state index contributed by atoms with van der Waals surface area (Å²) in [5.41, 5.74) is -0.945. The van der Waals surface area contributed by atoms with Crippen LogP contribution < -0.4 is 5.56 Å². The summed E-state index contributed by atoms with van der Waals surface area (Å²) >= 11 is 0. The molecule has 3 rings (SSSR count). The van der Waals surface area contributed by atoms with Gasteiger partial charge in [-0.05, 0) is 29.7 Å². The highest BCUT2D eigenvalue weighted by Crippen LogP contribution is 2.36. The fourth-order valence-electron chi connectivity index (χ4n) is 2.73. The van der Waals surface area contributed by atoms with Gasteiger partial charge in [-0.3, -0.25) is 14.8 Å². The van der Waals surface area contributed by atoms with Crippen molar-refractivity contribution in [2.75, 3.05) is 5.75 Å². The van der Waals surface area contributed by atoms with Gasteiger partial charge in [-0.25, -0.2) is 8.42 Å². The molecule has 3 aromatic heterocycles. The summed E-state index contributed by atoms with van der Waals surface area (Å²) in [6, 6.07) is 5.28. The molecular formula is C18H14F5N3O3S. The van der Waals surface area contributed by atoms with Gasteiger partial charge in [-0.1, -0.05) is 6.92 Å². The molecule has 3 heterocycles. The van der Waals surface area contributed by atoms with Crippen molar-refractivity contribution >= 4 is 20.6 Å². The zero-order valence-corrected chi connectivity index (χ0v) is 16.1. The Morgan fingerprint density at radius 1 is 1.10 bits per heavy atom. The summed E-state index contributed by atoms with van der Waals surface area (Å²) in [5, 5.41) is -0.0165. The maximum absolute atomic E-state index is 13.3. The van der Waals surface area contributed by atoms with Gasteiger partial charge in [0.2, 0.25) is 0 Å². The Morgan fingerprint density at radius 2 is 1.80 bits per heavy atom. The van der Waals surface area contributed by atoms with Crippen molar-refractivity contribution in [3.63, 3.8) is 0 Å². The molecule has 6 nitrogen and oxygen atoms in total. The number of nitrogens with zero attached hydrogens (tertiary/aromatic N) is 3. The number of hydrogen-bond acceptors (Lipinski definition) is 5. The second-order valence-corrected chi connectivity index (χ2v) is 8.61. The van der Waals surface area contributed by atoms with E-state index in [4.69, 9.17) is 0 Å². The topological polar surface area (TPSA) is 81.9 Å². The average Bonchev–Trinajstić information content (AvgIpc) is 2.69. The van der Waals surface area contributed by atoms with Crippen LogP contribution in [0, 0.1) is 0 Å². The summed E-state index contributed by atoms with van der Waals surface area (Å²) in [7, 11) is -3.64. The van der Waals surface area contributed by atoms with Gasteiger partial charge in [0.05, 0.1) is 28.3 Å². The van der Waals surface area contributed by atoms with Crippen LogP contribution in [0.2, 0.25) is 0 Å². The molecule has 0 unspecified atom stereocenters. The second-order valence-electron chi connectivity index (χ2n) is 6.36. The molecule has 0 aliphatic heterocycles. The zero-order valence-electron chi connectivity index (χ0n) is 15.3. The van der Waals surface area contributed by atoms with Crippen molar-refractivity contribution in [3.05, 3.63) is 53.2 Å². The number of hydrogen-bond donors (Lipinski definition) is 0. The molecule has 30 heavy (non-hydrogen) atoms. The first-order chi connectivity index (χ1) is 13.9. The van der Waals surface area contributed by atoms with Crippen LogP contribution in [0.3, 0.4) is 0 Å². The molecule has 0 amide bonds. The molecule has 12 heteroatoms. The van der Waals surface area contributed by atoms with Gasteiger partial charge in [0.25, 0.3) is 5.56 Å². The van der Waals surface area contributed by atoms with Crippen LogP contribution in [0.1, 0.15) is 6.92 Å². The molecule has 0 aliphatic carbocycles. The third-order valence-electron chi connectivity index (χ3n) is 4.37. The fourth-order valence-corrected chi connectivity index (χ4v) is 3.78. The number of fused-ring (bicyclic) bond motifs is 1. The number of alkyl halides is 5. The largest absolute Gasteiger partial charge is 0.455 e. The van der Waals surface area contributed by atoms with Crippen molar-refractivity contribution in [2.24, 2.45) is 0 Å². The molecule has 3 aromatic rings. The lowest BCUT2D eigenvalue weighted by Gasteiger charge is -2.20. The van der Waals surface area contributed by atoms with E-state index >= 15 is 0 Å². The summed E-state index contributed by atoms with van der Waals surface area (Å²) in [6.45, 7) is -0.411. The molecule has 0 N–H and O–H groups in total. The summed E-state index contributed by atoms with van der Waals surface area (Å²) in [6.07, 6.45) is -2.64. The lowest BCUT2D eigenvalue weighted by Crippen LogP contribution is -2.42. The first kappa shape index (κ1) is 21.8. The molecule has 0 saturated heterocycles. The van der Waals surface area contributed by atoms with Crippen molar-refractivity contribution in [3.8, 4) is 11.4 Å². The lowest BCUT2D eigenvalue weighted by atomic mass is 10.1. The Balaban J connectivity index is 2.10. The Hall–Kier alpha value is -2.89. The summed E-state index contributed by atoms with van der Waals surface area (Å²) in [5.74, 6) is -5.27. The molecule has 0 radical (unpaired) electrons. The predicted octanol–water partition coefficient (Wildman–Crippen LogP) is 3.45. The van der Waals surface area contributed by atoms with Gasteiger partial charge in [0.1, 0.15) is 5.69 Å². The zero-order chi connectivity index (χ0) is 22.3. The van der Waals surface area contributed by atoms with E-state index in [-0.39, 0.29) is 37.4 Å². The van der Waals surface area contributed by atoms with Gasteiger partial charge >= 0.3 is 12.1 Å². The van der Waals surface area contributed by atoms with E-state index < -0.39 is 34.0 Å². The number of pyridine rings is 3. The molecule has 0 spiro atoms. The standard InChI is InChI=1S/C18H14F5N3O3S/c1-2-30(28,29)14-4-3-6-24-15(14)13-8-11-5-7-26(16(27)12(11)9-25-13)10-17(19,20)18(21,22)23/h3-9H,2,10H2,1H3. The first-order valence-corrected chi connectivity index (χ1v) is 10.1. The minimum atomic E-state index is -5.80. The normalized spacial score (nSPS) is 13.0. The third-order valence-corrected chi connectivity index (χ3v) is 6.13. The summed E-state index contributed by atoms with van der Waals surface area (Å²) < 4.78 is 88.7. The van der Waals surface area contributed by atoms with E-state index in [0.29, 0.717) is 0 Å². The molecular weight excluding hydrogens is 433 g/mol.